The molecule has 0 aliphatic heterocycles. The second-order valence-corrected chi connectivity index (χ2v) is 8.56. The molecule has 0 fully saturated rings. The van der Waals surface area contributed by atoms with Crippen LogP contribution in [0, 0.1) is 5.82 Å². The fourth-order valence-corrected chi connectivity index (χ4v) is 4.75. The van der Waals surface area contributed by atoms with Crippen molar-refractivity contribution in [3.05, 3.63) is 112 Å². The zero-order valence-corrected chi connectivity index (χ0v) is 18.4. The lowest BCUT2D eigenvalue weighted by Gasteiger charge is -2.27. The minimum absolute atomic E-state index is 0.0391. The van der Waals surface area contributed by atoms with Crippen LogP contribution >= 0.6 is 15.9 Å². The zero-order valence-electron chi connectivity index (χ0n) is 16.9. The molecule has 1 atom stereocenters. The second kappa shape index (κ2) is 8.60. The third-order valence-electron chi connectivity index (χ3n) is 5.80. The third-order valence-corrected chi connectivity index (χ3v) is 6.57. The molecule has 1 aromatic heterocycles. The Bertz CT molecular complexity index is 1240. The summed E-state index contributed by atoms with van der Waals surface area (Å²) in [6, 6.07) is 23.4. The highest BCUT2D eigenvalue weighted by Gasteiger charge is 2.28. The summed E-state index contributed by atoms with van der Waals surface area (Å²) in [5.41, 5.74) is 6.10. The molecule has 31 heavy (non-hydrogen) atoms. The maximum absolute atomic E-state index is 14.6. The summed E-state index contributed by atoms with van der Waals surface area (Å²) < 4.78 is 15.7. The van der Waals surface area contributed by atoms with Gasteiger partial charge in [0.25, 0.3) is 0 Å². The highest BCUT2D eigenvalue weighted by atomic mass is 79.9. The van der Waals surface area contributed by atoms with Gasteiger partial charge in [0.15, 0.2) is 0 Å². The van der Waals surface area contributed by atoms with Gasteiger partial charge in [-0.3, -0.25) is 0 Å². The van der Waals surface area contributed by atoms with Crippen LogP contribution in [-0.4, -0.2) is 16.5 Å². The molecule has 1 N–H and O–H groups in total. The van der Waals surface area contributed by atoms with Gasteiger partial charge in [0.05, 0.1) is 5.69 Å². The van der Waals surface area contributed by atoms with Gasteiger partial charge in [0.1, 0.15) is 5.82 Å². The summed E-state index contributed by atoms with van der Waals surface area (Å²) in [6.07, 6.45) is 3.44. The van der Waals surface area contributed by atoms with E-state index >= 15 is 0 Å². The number of hydrogen-bond donors (Lipinski definition) is 1. The number of nitrogens with zero attached hydrogens (tertiary/aromatic N) is 2. The minimum Gasteiger partial charge on any atom is -0.354 e. The van der Waals surface area contributed by atoms with Crippen molar-refractivity contribution in [3.8, 4) is 11.3 Å². The molecule has 0 saturated heterocycles. The smallest absolute Gasteiger partial charge is 0.223 e. The van der Waals surface area contributed by atoms with Crippen molar-refractivity contribution in [3.63, 3.8) is 0 Å². The van der Waals surface area contributed by atoms with Crippen LogP contribution < -0.4 is 5.32 Å². The number of rotatable bonds is 5. The van der Waals surface area contributed by atoms with Crippen LogP contribution in [0.5, 0.6) is 0 Å². The summed E-state index contributed by atoms with van der Waals surface area (Å²) in [7, 11) is 0. The number of benzene rings is 3. The topological polar surface area (TPSA) is 37.8 Å². The van der Waals surface area contributed by atoms with E-state index < -0.39 is 0 Å². The SMILES string of the molecule is Fc1ccccc1C1Cc2cnc(NCCc3ccccc3Br)nc2-c2ccccc21. The summed E-state index contributed by atoms with van der Waals surface area (Å²) in [4.78, 5) is 9.37. The van der Waals surface area contributed by atoms with Crippen molar-refractivity contribution in [2.75, 3.05) is 11.9 Å². The van der Waals surface area contributed by atoms with Crippen LogP contribution in [0.4, 0.5) is 10.3 Å². The summed E-state index contributed by atoms with van der Waals surface area (Å²) in [5, 5.41) is 3.35. The van der Waals surface area contributed by atoms with Crippen molar-refractivity contribution in [1.82, 2.24) is 9.97 Å². The summed E-state index contributed by atoms with van der Waals surface area (Å²) in [5.74, 6) is 0.407. The standard InChI is InChI=1S/C26H21BrFN3/c27-23-11-5-1-7-17(23)13-14-29-26-30-16-18-15-22(20-9-4-6-12-24(20)28)19-8-2-3-10-21(19)25(18)31-26/h1-12,16,22H,13-15H2,(H,29,30,31). The maximum atomic E-state index is 14.6. The lowest BCUT2D eigenvalue weighted by Crippen LogP contribution is -2.16. The lowest BCUT2D eigenvalue weighted by molar-refractivity contribution is 0.593. The monoisotopic (exact) mass is 473 g/mol. The van der Waals surface area contributed by atoms with E-state index in [1.165, 1.54) is 11.6 Å². The molecule has 0 bridgehead atoms. The lowest BCUT2D eigenvalue weighted by atomic mass is 9.78. The Balaban J connectivity index is 1.42. The first-order valence-corrected chi connectivity index (χ1v) is 11.2. The Kier molecular flexibility index (Phi) is 5.51. The van der Waals surface area contributed by atoms with Gasteiger partial charge in [0.2, 0.25) is 5.95 Å². The average molecular weight is 474 g/mol. The zero-order chi connectivity index (χ0) is 21.2. The summed E-state index contributed by atoms with van der Waals surface area (Å²) in [6.45, 7) is 0.737. The van der Waals surface area contributed by atoms with E-state index in [1.54, 1.807) is 6.07 Å². The van der Waals surface area contributed by atoms with Crippen LogP contribution in [0.15, 0.2) is 83.5 Å². The fraction of sp³-hybridized carbons (Fsp3) is 0.154. The molecule has 1 unspecified atom stereocenters. The third kappa shape index (κ3) is 3.98. The van der Waals surface area contributed by atoms with Gasteiger partial charge < -0.3 is 5.32 Å². The normalized spacial score (nSPS) is 14.6. The van der Waals surface area contributed by atoms with E-state index in [-0.39, 0.29) is 11.7 Å². The van der Waals surface area contributed by atoms with Gasteiger partial charge in [-0.15, -0.1) is 0 Å². The highest BCUT2D eigenvalue weighted by Crippen LogP contribution is 2.42. The molecule has 5 rings (SSSR count). The van der Waals surface area contributed by atoms with E-state index in [4.69, 9.17) is 4.98 Å². The van der Waals surface area contributed by atoms with E-state index in [0.717, 1.165) is 45.4 Å². The van der Waals surface area contributed by atoms with E-state index in [2.05, 4.69) is 44.4 Å². The van der Waals surface area contributed by atoms with E-state index in [1.807, 2.05) is 48.7 Å². The van der Waals surface area contributed by atoms with E-state index in [0.29, 0.717) is 12.4 Å². The number of anilines is 1. The first-order chi connectivity index (χ1) is 15.2. The van der Waals surface area contributed by atoms with Gasteiger partial charge >= 0.3 is 0 Å². The van der Waals surface area contributed by atoms with Crippen molar-refractivity contribution >= 4 is 21.9 Å². The molecule has 5 heteroatoms. The van der Waals surface area contributed by atoms with Crippen LogP contribution in [-0.2, 0) is 12.8 Å². The molecule has 0 spiro atoms. The second-order valence-electron chi connectivity index (χ2n) is 7.70. The number of nitrogens with one attached hydrogen (secondary N) is 1. The average Bonchev–Trinajstić information content (AvgIpc) is 2.80. The molecule has 3 aromatic carbocycles. The van der Waals surface area contributed by atoms with Crippen molar-refractivity contribution < 1.29 is 4.39 Å². The van der Waals surface area contributed by atoms with Gasteiger partial charge in [-0.1, -0.05) is 76.6 Å². The maximum Gasteiger partial charge on any atom is 0.223 e. The molecule has 1 aliphatic carbocycles. The Morgan fingerprint density at radius 1 is 0.935 bits per heavy atom. The predicted molar refractivity (Wildman–Crippen MR) is 126 cm³/mol. The molecule has 0 saturated carbocycles. The quantitative estimate of drug-likeness (QED) is 0.364. The van der Waals surface area contributed by atoms with Crippen molar-refractivity contribution in [2.45, 2.75) is 18.8 Å². The molecule has 0 amide bonds. The highest BCUT2D eigenvalue weighted by molar-refractivity contribution is 9.10. The van der Waals surface area contributed by atoms with Gasteiger partial charge in [-0.25, -0.2) is 14.4 Å². The Morgan fingerprint density at radius 3 is 2.52 bits per heavy atom. The molecule has 0 radical (unpaired) electrons. The molecule has 3 nitrogen and oxygen atoms in total. The number of hydrogen-bond acceptors (Lipinski definition) is 3. The summed E-state index contributed by atoms with van der Waals surface area (Å²) >= 11 is 3.59. The number of fused-ring (bicyclic) bond motifs is 3. The van der Waals surface area contributed by atoms with Crippen LogP contribution in [0.2, 0.25) is 0 Å². The van der Waals surface area contributed by atoms with Crippen molar-refractivity contribution in [2.24, 2.45) is 0 Å². The van der Waals surface area contributed by atoms with E-state index in [9.17, 15) is 4.39 Å². The van der Waals surface area contributed by atoms with Gasteiger partial charge in [-0.2, -0.15) is 0 Å². The predicted octanol–water partition coefficient (Wildman–Crippen LogP) is 6.39. The number of aromatic nitrogens is 2. The van der Waals surface area contributed by atoms with Crippen LogP contribution in [0.1, 0.15) is 28.2 Å². The molecule has 4 aromatic rings. The largest absolute Gasteiger partial charge is 0.354 e. The molecule has 1 aliphatic rings. The Hall–Kier alpha value is -3.05. The first-order valence-electron chi connectivity index (χ1n) is 10.4. The molecule has 1 heterocycles. The Labute approximate surface area is 189 Å². The molecular weight excluding hydrogens is 453 g/mol. The van der Waals surface area contributed by atoms with Crippen LogP contribution in [0.3, 0.4) is 0 Å². The molecular formula is C26H21BrFN3. The molecule has 154 valence electrons. The minimum atomic E-state index is -0.169. The van der Waals surface area contributed by atoms with Gasteiger partial charge in [-0.05, 0) is 47.2 Å². The van der Waals surface area contributed by atoms with Gasteiger partial charge in [0, 0.05) is 28.7 Å². The Morgan fingerprint density at radius 2 is 1.68 bits per heavy atom. The van der Waals surface area contributed by atoms with Crippen molar-refractivity contribution in [1.29, 1.82) is 0 Å². The van der Waals surface area contributed by atoms with Crippen LogP contribution in [0.25, 0.3) is 11.3 Å². The number of halogens is 2. The fourth-order valence-electron chi connectivity index (χ4n) is 4.27. The first kappa shape index (κ1) is 19.9.